The summed E-state index contributed by atoms with van der Waals surface area (Å²) in [4.78, 5) is 34.9. The van der Waals surface area contributed by atoms with E-state index in [0.717, 1.165) is 0 Å². The Balaban J connectivity index is 1.84. The number of oxazole rings is 1. The van der Waals surface area contributed by atoms with Crippen LogP contribution in [0.1, 0.15) is 33.7 Å². The number of halogens is 1. The van der Waals surface area contributed by atoms with Gasteiger partial charge in [0.25, 0.3) is 5.91 Å². The van der Waals surface area contributed by atoms with Crippen molar-refractivity contribution < 1.29 is 23.5 Å². The van der Waals surface area contributed by atoms with Gasteiger partial charge < -0.3 is 24.2 Å². The van der Waals surface area contributed by atoms with E-state index in [9.17, 15) is 9.59 Å². The topological polar surface area (TPSA) is 119 Å². The molecule has 3 aromatic rings. The van der Waals surface area contributed by atoms with Crippen LogP contribution in [0.15, 0.2) is 28.9 Å². The molecule has 0 aliphatic rings. The number of carbonyl (C=O) groups excluding carboxylic acids is 2. The lowest BCUT2D eigenvalue weighted by Gasteiger charge is -2.10. The quantitative estimate of drug-likeness (QED) is 0.604. The highest BCUT2D eigenvalue weighted by molar-refractivity contribution is 6.30. The lowest BCUT2D eigenvalue weighted by molar-refractivity contribution is 0.0594. The minimum atomic E-state index is -0.602. The first-order valence-corrected chi connectivity index (χ1v) is 8.62. The second-order valence-corrected chi connectivity index (χ2v) is 5.97. The van der Waals surface area contributed by atoms with Gasteiger partial charge in [0.2, 0.25) is 5.89 Å². The zero-order valence-electron chi connectivity index (χ0n) is 15.3. The smallest absolute Gasteiger partial charge is 0.360 e. The summed E-state index contributed by atoms with van der Waals surface area (Å²) >= 11 is 5.98. The molecule has 0 atom stereocenters. The molecule has 10 heteroatoms. The van der Waals surface area contributed by atoms with Gasteiger partial charge in [-0.25, -0.2) is 14.8 Å². The molecule has 0 saturated heterocycles. The summed E-state index contributed by atoms with van der Waals surface area (Å²) in [5, 5.41) is 2.98. The molecule has 2 N–H and O–H groups in total. The number of aromatic amines is 1. The van der Waals surface area contributed by atoms with Gasteiger partial charge in [-0.2, -0.15) is 0 Å². The summed E-state index contributed by atoms with van der Waals surface area (Å²) in [6.45, 7) is 1.90. The van der Waals surface area contributed by atoms with Crippen LogP contribution in [-0.4, -0.2) is 41.0 Å². The summed E-state index contributed by atoms with van der Waals surface area (Å²) in [6, 6.07) is 4.91. The van der Waals surface area contributed by atoms with Crippen molar-refractivity contribution >= 4 is 29.2 Å². The Morgan fingerprint density at radius 2 is 2.07 bits per heavy atom. The van der Waals surface area contributed by atoms with Gasteiger partial charge in [-0.3, -0.25) is 4.79 Å². The number of esters is 1. The molecule has 0 fully saturated rings. The summed E-state index contributed by atoms with van der Waals surface area (Å²) in [6.07, 6.45) is 1.83. The van der Waals surface area contributed by atoms with E-state index in [4.69, 9.17) is 20.8 Å². The molecule has 3 rings (SSSR count). The van der Waals surface area contributed by atoms with Crippen LogP contribution in [0.25, 0.3) is 11.5 Å². The van der Waals surface area contributed by atoms with Crippen molar-refractivity contribution in [2.75, 3.05) is 19.5 Å². The average molecular weight is 405 g/mol. The van der Waals surface area contributed by atoms with Gasteiger partial charge in [-0.05, 0) is 24.6 Å². The third-order valence-electron chi connectivity index (χ3n) is 3.89. The summed E-state index contributed by atoms with van der Waals surface area (Å²) < 4.78 is 15.2. The van der Waals surface area contributed by atoms with Gasteiger partial charge in [0.15, 0.2) is 16.7 Å². The first-order valence-electron chi connectivity index (χ1n) is 8.24. The maximum absolute atomic E-state index is 12.4. The van der Waals surface area contributed by atoms with E-state index in [2.05, 4.69) is 25.0 Å². The third kappa shape index (κ3) is 3.84. The summed E-state index contributed by atoms with van der Waals surface area (Å²) in [5.41, 5.74) is 1.70. The fraction of sp³-hybridized carbons (Fsp3) is 0.222. The zero-order chi connectivity index (χ0) is 20.3. The minimum absolute atomic E-state index is 0.0512. The highest BCUT2D eigenvalue weighted by atomic mass is 35.5. The predicted molar refractivity (Wildman–Crippen MR) is 101 cm³/mol. The van der Waals surface area contributed by atoms with Gasteiger partial charge in [-0.1, -0.05) is 18.5 Å². The fourth-order valence-corrected chi connectivity index (χ4v) is 2.71. The van der Waals surface area contributed by atoms with Crippen molar-refractivity contribution in [2.24, 2.45) is 0 Å². The summed E-state index contributed by atoms with van der Waals surface area (Å²) in [5.74, 6) is -0.381. The first kappa shape index (κ1) is 19.4. The van der Waals surface area contributed by atoms with Crippen molar-refractivity contribution in [3.8, 4) is 17.2 Å². The van der Waals surface area contributed by atoms with E-state index >= 15 is 0 Å². The number of hydrogen-bond donors (Lipinski definition) is 2. The number of H-pyrrole nitrogens is 1. The largest absolute Gasteiger partial charge is 0.495 e. The van der Waals surface area contributed by atoms with Gasteiger partial charge in [0.1, 0.15) is 12.0 Å². The second kappa shape index (κ2) is 8.13. The van der Waals surface area contributed by atoms with Gasteiger partial charge in [0, 0.05) is 5.56 Å². The van der Waals surface area contributed by atoms with Crippen molar-refractivity contribution in [3.63, 3.8) is 0 Å². The predicted octanol–water partition coefficient (Wildman–Crippen LogP) is 3.33. The lowest BCUT2D eigenvalue weighted by Crippen LogP contribution is -2.14. The number of rotatable bonds is 6. The summed E-state index contributed by atoms with van der Waals surface area (Å²) in [7, 11) is 2.72. The average Bonchev–Trinajstić information content (AvgIpc) is 3.34. The van der Waals surface area contributed by atoms with Crippen molar-refractivity contribution in [1.82, 2.24) is 15.0 Å². The van der Waals surface area contributed by atoms with Crippen molar-refractivity contribution in [3.05, 3.63) is 46.8 Å². The number of anilines is 1. The maximum atomic E-state index is 12.4. The van der Waals surface area contributed by atoms with Crippen LogP contribution in [-0.2, 0) is 11.2 Å². The number of amides is 1. The van der Waals surface area contributed by atoms with Gasteiger partial charge >= 0.3 is 5.97 Å². The Labute approximate surface area is 165 Å². The molecule has 9 nitrogen and oxygen atoms in total. The normalized spacial score (nSPS) is 10.6. The minimum Gasteiger partial charge on any atom is -0.495 e. The van der Waals surface area contributed by atoms with Crippen LogP contribution in [0, 0.1) is 0 Å². The second-order valence-electron chi connectivity index (χ2n) is 5.61. The number of nitrogens with zero attached hydrogens (tertiary/aromatic N) is 2. The third-order valence-corrected chi connectivity index (χ3v) is 4.20. The van der Waals surface area contributed by atoms with Crippen molar-refractivity contribution in [1.29, 1.82) is 0 Å². The molecule has 0 saturated carbocycles. The number of hydrogen-bond acceptors (Lipinski definition) is 7. The Morgan fingerprint density at radius 1 is 1.29 bits per heavy atom. The molecule has 0 aliphatic heterocycles. The molecular weight excluding hydrogens is 388 g/mol. The van der Waals surface area contributed by atoms with Crippen LogP contribution in [0.4, 0.5) is 5.69 Å². The molecule has 0 bridgehead atoms. The maximum Gasteiger partial charge on any atom is 0.360 e. The molecule has 0 spiro atoms. The van der Waals surface area contributed by atoms with Crippen LogP contribution in [0.2, 0.25) is 5.15 Å². The highest BCUT2D eigenvalue weighted by Gasteiger charge is 2.18. The Hall–Kier alpha value is -3.33. The molecule has 146 valence electrons. The zero-order valence-corrected chi connectivity index (χ0v) is 16.1. The van der Waals surface area contributed by atoms with E-state index in [-0.39, 0.29) is 22.6 Å². The molecule has 0 unspecified atom stereocenters. The number of methoxy groups -OCH3 is 2. The fourth-order valence-electron chi connectivity index (χ4n) is 2.44. The molecule has 2 heterocycles. The van der Waals surface area contributed by atoms with E-state index in [1.807, 2.05) is 6.92 Å². The standard InChI is InChI=1S/C18H17ClN4O5/c1-4-10-14(19)23-15(20-10)16(24)21-11-6-5-9(7-13(11)26-2)17-22-12(8-28-17)18(25)27-3/h5-8H,4H2,1-3H3,(H,20,23)(H,21,24). The van der Waals surface area contributed by atoms with Gasteiger partial charge in [-0.15, -0.1) is 0 Å². The Morgan fingerprint density at radius 3 is 2.71 bits per heavy atom. The molecule has 28 heavy (non-hydrogen) atoms. The number of carbonyl (C=O) groups is 2. The van der Waals surface area contributed by atoms with E-state index in [1.165, 1.54) is 20.5 Å². The number of nitrogens with one attached hydrogen (secondary N) is 2. The van der Waals surface area contributed by atoms with Crippen LogP contribution < -0.4 is 10.1 Å². The van der Waals surface area contributed by atoms with E-state index in [0.29, 0.717) is 29.1 Å². The molecule has 2 aromatic heterocycles. The molecule has 0 radical (unpaired) electrons. The molecule has 0 aliphatic carbocycles. The lowest BCUT2D eigenvalue weighted by atomic mass is 10.2. The first-order chi connectivity index (χ1) is 13.5. The number of ether oxygens (including phenoxy) is 2. The number of benzene rings is 1. The van der Waals surface area contributed by atoms with Crippen LogP contribution in [0.5, 0.6) is 5.75 Å². The molecular formula is C18H17ClN4O5. The Kier molecular flexibility index (Phi) is 5.65. The SMILES string of the molecule is CCc1[nH]c(C(=O)Nc2ccc(-c3nc(C(=O)OC)co3)cc2OC)nc1Cl. The van der Waals surface area contributed by atoms with Crippen LogP contribution in [0.3, 0.4) is 0 Å². The van der Waals surface area contributed by atoms with Crippen LogP contribution >= 0.6 is 11.6 Å². The Bertz CT molecular complexity index is 1030. The monoisotopic (exact) mass is 404 g/mol. The highest BCUT2D eigenvalue weighted by Crippen LogP contribution is 2.31. The van der Waals surface area contributed by atoms with Gasteiger partial charge in [0.05, 0.1) is 25.6 Å². The number of imidazole rings is 1. The van der Waals surface area contributed by atoms with E-state index < -0.39 is 11.9 Å². The molecule has 1 aromatic carbocycles. The number of aryl methyl sites for hydroxylation is 1. The van der Waals surface area contributed by atoms with E-state index in [1.54, 1.807) is 18.2 Å². The van der Waals surface area contributed by atoms with Crippen molar-refractivity contribution in [2.45, 2.75) is 13.3 Å². The molecule has 1 amide bonds. The number of aromatic nitrogens is 3.